The third kappa shape index (κ3) is 0.903. The molecule has 0 radical (unpaired) electrons. The van der Waals surface area contributed by atoms with Crippen LogP contribution in [-0.4, -0.2) is 14.6 Å². The summed E-state index contributed by atoms with van der Waals surface area (Å²) in [5.74, 6) is -0.321. The Morgan fingerprint density at radius 3 is 3.08 bits per heavy atom. The minimum absolute atomic E-state index is 0.0829. The fourth-order valence-electron chi connectivity index (χ4n) is 1.09. The van der Waals surface area contributed by atoms with Gasteiger partial charge in [-0.1, -0.05) is 0 Å². The minimum Gasteiger partial charge on any atom is -0.366 e. The van der Waals surface area contributed by atoms with E-state index in [9.17, 15) is 4.39 Å². The summed E-state index contributed by atoms with van der Waals surface area (Å²) in [5.41, 5.74) is 6.25. The van der Waals surface area contributed by atoms with Gasteiger partial charge in [0.25, 0.3) is 0 Å². The van der Waals surface area contributed by atoms with Gasteiger partial charge in [0.2, 0.25) is 5.95 Å². The molecule has 12 heavy (non-hydrogen) atoms. The topological polar surface area (TPSA) is 56.2 Å². The van der Waals surface area contributed by atoms with Crippen LogP contribution in [0.15, 0.2) is 12.3 Å². The lowest BCUT2D eigenvalue weighted by atomic mass is 10.3. The minimum atomic E-state index is -0.404. The zero-order valence-corrected chi connectivity index (χ0v) is 6.45. The van der Waals surface area contributed by atoms with Crippen LogP contribution in [0.25, 0.3) is 5.65 Å². The van der Waals surface area contributed by atoms with Crippen LogP contribution < -0.4 is 5.73 Å². The summed E-state index contributed by atoms with van der Waals surface area (Å²) in [6.07, 6.45) is 1.67. The predicted molar refractivity (Wildman–Crippen MR) is 42.1 cm³/mol. The van der Waals surface area contributed by atoms with E-state index < -0.39 is 5.82 Å². The number of halogens is 1. The first-order valence-electron chi connectivity index (χ1n) is 3.45. The van der Waals surface area contributed by atoms with Crippen LogP contribution in [0.4, 0.5) is 10.3 Å². The van der Waals surface area contributed by atoms with Crippen molar-refractivity contribution in [1.82, 2.24) is 14.6 Å². The van der Waals surface area contributed by atoms with Crippen LogP contribution in [0.3, 0.4) is 0 Å². The van der Waals surface area contributed by atoms with Crippen LogP contribution in [0, 0.1) is 12.7 Å². The molecule has 0 unspecified atom stereocenters. The fourth-order valence-corrected chi connectivity index (χ4v) is 1.09. The highest BCUT2D eigenvalue weighted by Gasteiger charge is 2.05. The maximum atomic E-state index is 13.1. The third-order valence-corrected chi connectivity index (χ3v) is 1.54. The monoisotopic (exact) mass is 166 g/mol. The molecule has 0 aromatic carbocycles. The van der Waals surface area contributed by atoms with E-state index in [1.54, 1.807) is 13.1 Å². The maximum absolute atomic E-state index is 13.1. The molecular weight excluding hydrogens is 159 g/mol. The molecule has 0 bridgehead atoms. The van der Waals surface area contributed by atoms with Crippen molar-refractivity contribution in [2.24, 2.45) is 0 Å². The molecule has 2 rings (SSSR count). The van der Waals surface area contributed by atoms with E-state index in [0.717, 1.165) is 5.56 Å². The van der Waals surface area contributed by atoms with Gasteiger partial charge in [-0.2, -0.15) is 4.98 Å². The van der Waals surface area contributed by atoms with E-state index in [1.807, 2.05) is 0 Å². The number of aryl methyl sites for hydroxylation is 1. The summed E-state index contributed by atoms with van der Waals surface area (Å²) in [7, 11) is 0. The SMILES string of the molecule is Cc1cc(F)c2nc(N)nn2c1. The van der Waals surface area contributed by atoms with Gasteiger partial charge in [0.05, 0.1) is 0 Å². The summed E-state index contributed by atoms with van der Waals surface area (Å²) in [4.78, 5) is 3.71. The van der Waals surface area contributed by atoms with Gasteiger partial charge in [-0.25, -0.2) is 8.91 Å². The number of nitrogens with two attached hydrogens (primary N) is 1. The normalized spacial score (nSPS) is 10.8. The fraction of sp³-hybridized carbons (Fsp3) is 0.143. The molecular formula is C7H7FN4. The van der Waals surface area contributed by atoms with E-state index in [2.05, 4.69) is 10.1 Å². The number of hydrogen-bond donors (Lipinski definition) is 1. The van der Waals surface area contributed by atoms with Gasteiger partial charge in [-0.05, 0) is 18.6 Å². The van der Waals surface area contributed by atoms with Gasteiger partial charge in [0.1, 0.15) is 0 Å². The molecule has 4 nitrogen and oxygen atoms in total. The molecule has 2 aromatic rings. The summed E-state index contributed by atoms with van der Waals surface area (Å²) in [5, 5.41) is 3.78. The highest BCUT2D eigenvalue weighted by Crippen LogP contribution is 2.09. The number of fused-ring (bicyclic) bond motifs is 1. The number of aromatic nitrogens is 3. The van der Waals surface area contributed by atoms with E-state index in [1.165, 1.54) is 10.6 Å². The molecule has 0 aliphatic rings. The Hall–Kier alpha value is -1.65. The largest absolute Gasteiger partial charge is 0.366 e. The lowest BCUT2D eigenvalue weighted by molar-refractivity contribution is 0.626. The van der Waals surface area contributed by atoms with Crippen LogP contribution in [0.1, 0.15) is 5.56 Å². The first-order chi connectivity index (χ1) is 5.66. The van der Waals surface area contributed by atoms with Crippen molar-refractivity contribution in [2.75, 3.05) is 5.73 Å². The maximum Gasteiger partial charge on any atom is 0.240 e. The Morgan fingerprint density at radius 2 is 2.33 bits per heavy atom. The molecule has 2 N–H and O–H groups in total. The van der Waals surface area contributed by atoms with E-state index in [4.69, 9.17) is 5.73 Å². The summed E-state index contributed by atoms with van der Waals surface area (Å²) < 4.78 is 14.4. The van der Waals surface area contributed by atoms with Gasteiger partial charge in [-0.15, -0.1) is 5.10 Å². The van der Waals surface area contributed by atoms with Crippen molar-refractivity contribution in [3.63, 3.8) is 0 Å². The van der Waals surface area contributed by atoms with Crippen molar-refractivity contribution < 1.29 is 4.39 Å². The van der Waals surface area contributed by atoms with Crippen molar-refractivity contribution in [3.8, 4) is 0 Å². The number of nitrogens with zero attached hydrogens (tertiary/aromatic N) is 3. The average Bonchev–Trinajstić information content (AvgIpc) is 2.29. The van der Waals surface area contributed by atoms with E-state index in [-0.39, 0.29) is 11.6 Å². The number of rotatable bonds is 0. The predicted octanol–water partition coefficient (Wildman–Crippen LogP) is 0.759. The zero-order valence-electron chi connectivity index (χ0n) is 6.45. The van der Waals surface area contributed by atoms with Gasteiger partial charge in [0, 0.05) is 6.20 Å². The Morgan fingerprint density at radius 1 is 1.58 bits per heavy atom. The number of anilines is 1. The summed E-state index contributed by atoms with van der Waals surface area (Å²) in [6, 6.07) is 1.39. The van der Waals surface area contributed by atoms with Crippen molar-refractivity contribution in [3.05, 3.63) is 23.6 Å². The summed E-state index contributed by atoms with van der Waals surface area (Å²) >= 11 is 0. The second kappa shape index (κ2) is 2.17. The average molecular weight is 166 g/mol. The molecule has 0 amide bonds. The molecule has 62 valence electrons. The lowest BCUT2D eigenvalue weighted by Gasteiger charge is -1.94. The smallest absolute Gasteiger partial charge is 0.240 e. The van der Waals surface area contributed by atoms with Crippen molar-refractivity contribution >= 4 is 11.6 Å². The van der Waals surface area contributed by atoms with E-state index >= 15 is 0 Å². The number of hydrogen-bond acceptors (Lipinski definition) is 3. The first-order valence-corrected chi connectivity index (χ1v) is 3.45. The number of nitrogen functional groups attached to an aromatic ring is 1. The first kappa shape index (κ1) is 7.02. The standard InChI is InChI=1S/C7H7FN4/c1-4-2-5(8)6-10-7(9)11-12(6)3-4/h2-3H,1H3,(H2,9,11). The number of pyridine rings is 1. The molecule has 2 aromatic heterocycles. The second-order valence-electron chi connectivity index (χ2n) is 2.60. The molecule has 0 atom stereocenters. The van der Waals surface area contributed by atoms with Crippen LogP contribution in [0.2, 0.25) is 0 Å². The quantitative estimate of drug-likeness (QED) is 0.628. The molecule has 0 saturated heterocycles. The van der Waals surface area contributed by atoms with Crippen LogP contribution >= 0.6 is 0 Å². The Bertz CT molecular complexity index is 434. The van der Waals surface area contributed by atoms with Crippen LogP contribution in [0.5, 0.6) is 0 Å². The molecule has 0 aliphatic heterocycles. The lowest BCUT2D eigenvalue weighted by Crippen LogP contribution is -1.92. The van der Waals surface area contributed by atoms with Crippen molar-refractivity contribution in [1.29, 1.82) is 0 Å². The molecule has 2 heterocycles. The van der Waals surface area contributed by atoms with Gasteiger partial charge in [0.15, 0.2) is 11.5 Å². The Labute approximate surface area is 67.8 Å². The third-order valence-electron chi connectivity index (χ3n) is 1.54. The van der Waals surface area contributed by atoms with Crippen molar-refractivity contribution in [2.45, 2.75) is 6.92 Å². The molecule has 0 spiro atoms. The zero-order chi connectivity index (χ0) is 8.72. The highest BCUT2D eigenvalue weighted by molar-refractivity contribution is 5.44. The molecule has 5 heteroatoms. The van der Waals surface area contributed by atoms with Crippen LogP contribution in [-0.2, 0) is 0 Å². The van der Waals surface area contributed by atoms with Gasteiger partial charge >= 0.3 is 0 Å². The molecule has 0 saturated carbocycles. The Kier molecular flexibility index (Phi) is 1.27. The van der Waals surface area contributed by atoms with Gasteiger partial charge in [-0.3, -0.25) is 0 Å². The molecule has 0 aliphatic carbocycles. The second-order valence-corrected chi connectivity index (χ2v) is 2.60. The van der Waals surface area contributed by atoms with Gasteiger partial charge < -0.3 is 5.73 Å². The molecule has 0 fully saturated rings. The highest BCUT2D eigenvalue weighted by atomic mass is 19.1. The Balaban J connectivity index is 2.88. The summed E-state index contributed by atoms with van der Waals surface area (Å²) in [6.45, 7) is 1.78. The van der Waals surface area contributed by atoms with E-state index in [0.29, 0.717) is 0 Å².